The Morgan fingerprint density at radius 3 is 1.97 bits per heavy atom. The minimum absolute atomic E-state index is 0.0741. The van der Waals surface area contributed by atoms with Gasteiger partial charge in [0.25, 0.3) is 0 Å². The second-order valence-electron chi connectivity index (χ2n) is 10.3. The van der Waals surface area contributed by atoms with Crippen LogP contribution in [0, 0.1) is 5.41 Å². The van der Waals surface area contributed by atoms with Crippen molar-refractivity contribution in [2.75, 3.05) is 27.2 Å². The standard InChI is InChI=1S/C27H35N3O5/c1-26(2,24(33)28-22(23(31)32)15-30(5)6)27(3,4)29-25(34)35-16-21-19-13-9-7-11-17(19)18-12-8-10-14-20(18)21/h7-14,21-22H,15-16H2,1-6H3,(H,28,33)(H,29,34)(H,31,32)/t22-/m0/s1. The van der Waals surface area contributed by atoms with Crippen LogP contribution in [0.25, 0.3) is 11.1 Å². The van der Waals surface area contributed by atoms with Crippen molar-refractivity contribution in [2.24, 2.45) is 5.41 Å². The third-order valence-electron chi connectivity index (χ3n) is 7.04. The van der Waals surface area contributed by atoms with Crippen molar-refractivity contribution in [1.29, 1.82) is 0 Å². The first kappa shape index (κ1) is 26.2. The zero-order valence-electron chi connectivity index (χ0n) is 21.2. The molecule has 1 aliphatic carbocycles. The Balaban J connectivity index is 1.67. The maximum atomic E-state index is 13.0. The second kappa shape index (κ2) is 10.1. The maximum absolute atomic E-state index is 13.0. The van der Waals surface area contributed by atoms with Gasteiger partial charge in [-0.2, -0.15) is 0 Å². The molecule has 3 rings (SSSR count). The van der Waals surface area contributed by atoms with Gasteiger partial charge in [0.2, 0.25) is 5.91 Å². The number of hydrogen-bond donors (Lipinski definition) is 3. The number of nitrogens with one attached hydrogen (secondary N) is 2. The summed E-state index contributed by atoms with van der Waals surface area (Å²) in [7, 11) is 3.46. The van der Waals surface area contributed by atoms with Gasteiger partial charge < -0.3 is 25.4 Å². The molecule has 188 valence electrons. The number of carboxylic acids is 1. The van der Waals surface area contributed by atoms with Gasteiger partial charge in [0, 0.05) is 12.5 Å². The highest BCUT2D eigenvalue weighted by Gasteiger charge is 2.45. The largest absolute Gasteiger partial charge is 0.480 e. The Morgan fingerprint density at radius 2 is 1.49 bits per heavy atom. The number of nitrogens with zero attached hydrogens (tertiary/aromatic N) is 1. The van der Waals surface area contributed by atoms with Gasteiger partial charge in [0.15, 0.2) is 0 Å². The first-order chi connectivity index (χ1) is 16.3. The Hall–Kier alpha value is -3.39. The molecule has 35 heavy (non-hydrogen) atoms. The lowest BCUT2D eigenvalue weighted by molar-refractivity contribution is -0.145. The van der Waals surface area contributed by atoms with Crippen molar-refractivity contribution in [1.82, 2.24) is 15.5 Å². The Kier molecular flexibility index (Phi) is 7.55. The number of fused-ring (bicyclic) bond motifs is 3. The highest BCUT2D eigenvalue weighted by atomic mass is 16.5. The lowest BCUT2D eigenvalue weighted by Crippen LogP contribution is -2.62. The molecule has 8 heteroatoms. The number of alkyl carbamates (subject to hydrolysis) is 1. The average Bonchev–Trinajstić information content (AvgIpc) is 3.10. The third kappa shape index (κ3) is 5.48. The summed E-state index contributed by atoms with van der Waals surface area (Å²) in [5.41, 5.74) is 2.35. The number of carboxylic acid groups (broad SMARTS) is 1. The van der Waals surface area contributed by atoms with Crippen LogP contribution in [-0.4, -0.2) is 66.8 Å². The van der Waals surface area contributed by atoms with Crippen LogP contribution < -0.4 is 10.6 Å². The molecule has 8 nitrogen and oxygen atoms in total. The zero-order valence-corrected chi connectivity index (χ0v) is 21.2. The van der Waals surface area contributed by atoms with Gasteiger partial charge in [-0.05, 0) is 64.0 Å². The predicted molar refractivity (Wildman–Crippen MR) is 134 cm³/mol. The second-order valence-corrected chi connectivity index (χ2v) is 10.3. The number of rotatable bonds is 9. The Morgan fingerprint density at radius 1 is 0.971 bits per heavy atom. The van der Waals surface area contributed by atoms with Crippen molar-refractivity contribution < 1.29 is 24.2 Å². The molecule has 0 bridgehead atoms. The number of carbonyl (C=O) groups is 3. The molecule has 2 aromatic rings. The SMILES string of the molecule is CN(C)C[C@H](NC(=O)C(C)(C)C(C)(C)NC(=O)OCC1c2ccccc2-c2ccccc21)C(=O)O. The molecule has 0 heterocycles. The Labute approximate surface area is 206 Å². The molecule has 0 aromatic heterocycles. The molecule has 1 atom stereocenters. The molecular weight excluding hydrogens is 446 g/mol. The van der Waals surface area contributed by atoms with Gasteiger partial charge in [0.05, 0.1) is 11.0 Å². The quantitative estimate of drug-likeness (QED) is 0.506. The normalized spacial score (nSPS) is 14.1. The highest BCUT2D eigenvalue weighted by molar-refractivity contribution is 5.88. The summed E-state index contributed by atoms with van der Waals surface area (Å²) in [5, 5.41) is 14.9. The minimum Gasteiger partial charge on any atom is -0.480 e. The summed E-state index contributed by atoms with van der Waals surface area (Å²) in [4.78, 5) is 39.1. The predicted octanol–water partition coefficient (Wildman–Crippen LogP) is 3.46. The van der Waals surface area contributed by atoms with E-state index in [9.17, 15) is 19.5 Å². The molecule has 0 saturated carbocycles. The summed E-state index contributed by atoms with van der Waals surface area (Å²) in [6, 6.07) is 15.1. The van der Waals surface area contributed by atoms with E-state index < -0.39 is 35.0 Å². The molecule has 0 radical (unpaired) electrons. The van der Waals surface area contributed by atoms with Crippen LogP contribution >= 0.6 is 0 Å². The van der Waals surface area contributed by atoms with Crippen molar-refractivity contribution in [2.45, 2.75) is 45.2 Å². The number of carbonyl (C=O) groups excluding carboxylic acids is 2. The summed E-state index contributed by atoms with van der Waals surface area (Å²) in [5.74, 6) is -1.67. The van der Waals surface area contributed by atoms with Crippen molar-refractivity contribution in [3.05, 3.63) is 59.7 Å². The van der Waals surface area contributed by atoms with E-state index in [4.69, 9.17) is 4.74 Å². The van der Waals surface area contributed by atoms with Crippen LogP contribution in [0.2, 0.25) is 0 Å². The summed E-state index contributed by atoms with van der Waals surface area (Å²) in [6.07, 6.45) is -0.638. The molecule has 2 amide bonds. The number of likely N-dealkylation sites (N-methyl/N-ethyl adjacent to an activating group) is 1. The van der Waals surface area contributed by atoms with Gasteiger partial charge in [0.1, 0.15) is 12.6 Å². The molecule has 1 aliphatic rings. The first-order valence-electron chi connectivity index (χ1n) is 11.7. The van der Waals surface area contributed by atoms with E-state index in [1.54, 1.807) is 46.7 Å². The topological polar surface area (TPSA) is 108 Å². The van der Waals surface area contributed by atoms with Crippen molar-refractivity contribution >= 4 is 18.0 Å². The average molecular weight is 482 g/mol. The summed E-state index contributed by atoms with van der Waals surface area (Å²) >= 11 is 0. The van der Waals surface area contributed by atoms with Crippen LogP contribution in [0.4, 0.5) is 4.79 Å². The van der Waals surface area contributed by atoms with E-state index in [-0.39, 0.29) is 19.1 Å². The fourth-order valence-corrected chi connectivity index (χ4v) is 4.22. The van der Waals surface area contributed by atoms with Crippen LogP contribution in [0.15, 0.2) is 48.5 Å². The number of ether oxygens (including phenoxy) is 1. The number of amides is 2. The van der Waals surface area contributed by atoms with Crippen LogP contribution in [-0.2, 0) is 14.3 Å². The molecule has 0 saturated heterocycles. The van der Waals surface area contributed by atoms with E-state index in [0.717, 1.165) is 22.3 Å². The van der Waals surface area contributed by atoms with E-state index in [1.807, 2.05) is 36.4 Å². The van der Waals surface area contributed by atoms with Gasteiger partial charge in [-0.3, -0.25) is 4.79 Å². The van der Waals surface area contributed by atoms with Gasteiger partial charge in [-0.15, -0.1) is 0 Å². The molecular formula is C27H35N3O5. The monoisotopic (exact) mass is 481 g/mol. The Bertz CT molecular complexity index is 1060. The molecule has 2 aromatic carbocycles. The number of hydrogen-bond acceptors (Lipinski definition) is 5. The van der Waals surface area contributed by atoms with Crippen molar-refractivity contribution in [3.8, 4) is 11.1 Å². The molecule has 0 unspecified atom stereocenters. The maximum Gasteiger partial charge on any atom is 0.407 e. The van der Waals surface area contributed by atoms with Crippen molar-refractivity contribution in [3.63, 3.8) is 0 Å². The summed E-state index contributed by atoms with van der Waals surface area (Å²) < 4.78 is 5.64. The van der Waals surface area contributed by atoms with Crippen LogP contribution in [0.3, 0.4) is 0 Å². The summed E-state index contributed by atoms with van der Waals surface area (Å²) in [6.45, 7) is 7.08. The van der Waals surface area contributed by atoms with E-state index in [0.29, 0.717) is 0 Å². The lowest BCUT2D eigenvalue weighted by Gasteiger charge is -2.41. The zero-order chi connectivity index (χ0) is 26.0. The molecule has 0 spiro atoms. The highest BCUT2D eigenvalue weighted by Crippen LogP contribution is 2.44. The van der Waals surface area contributed by atoms with Crippen LogP contribution in [0.1, 0.15) is 44.7 Å². The fraction of sp³-hybridized carbons (Fsp3) is 0.444. The van der Waals surface area contributed by atoms with E-state index in [1.165, 1.54) is 0 Å². The van der Waals surface area contributed by atoms with Gasteiger partial charge in [-0.25, -0.2) is 9.59 Å². The fourth-order valence-electron chi connectivity index (χ4n) is 4.22. The minimum atomic E-state index is -1.13. The first-order valence-corrected chi connectivity index (χ1v) is 11.7. The molecule has 0 fully saturated rings. The van der Waals surface area contributed by atoms with E-state index in [2.05, 4.69) is 22.8 Å². The lowest BCUT2D eigenvalue weighted by atomic mass is 9.73. The third-order valence-corrected chi connectivity index (χ3v) is 7.04. The number of benzene rings is 2. The van der Waals surface area contributed by atoms with Crippen LogP contribution in [0.5, 0.6) is 0 Å². The van der Waals surface area contributed by atoms with Gasteiger partial charge >= 0.3 is 12.1 Å². The van der Waals surface area contributed by atoms with E-state index >= 15 is 0 Å². The van der Waals surface area contributed by atoms with Gasteiger partial charge in [-0.1, -0.05) is 48.5 Å². The smallest absolute Gasteiger partial charge is 0.407 e. The number of aliphatic carboxylic acids is 1. The molecule has 0 aliphatic heterocycles. The molecule has 3 N–H and O–H groups in total.